The second kappa shape index (κ2) is 78.0. The van der Waals surface area contributed by atoms with Gasteiger partial charge >= 0.3 is 17.9 Å². The number of hydrogen-bond donors (Lipinski definition) is 1. The van der Waals surface area contributed by atoms with Gasteiger partial charge in [-0.05, 0) is 12.8 Å². The minimum Gasteiger partial charge on any atom is -0.477 e. The molecule has 566 valence electrons. The largest absolute Gasteiger partial charge is 0.477 e. The number of carboxylic acid groups (broad SMARTS) is 1. The first kappa shape index (κ1) is 93.3. The zero-order valence-corrected chi connectivity index (χ0v) is 65.1. The normalized spacial score (nSPS) is 12.5. The van der Waals surface area contributed by atoms with Crippen molar-refractivity contribution in [2.75, 3.05) is 47.5 Å². The standard InChI is InChI=1S/C86H169NO8/c1-6-8-10-12-14-16-18-20-22-24-26-28-30-32-34-36-38-40-41-42-43-45-47-49-51-53-55-57-59-61-63-65-67-69-71-73-75-77-84(89)95-82(81-94-86(85(90)91)92-79-78-87(3,4)5)80-93-83(88)76-74-72-70-68-66-64-62-60-58-56-54-52-50-48-46-44-39-37-35-33-31-29-27-25-23-21-19-17-15-13-11-9-7-2/h82,86H,6-81H2,1-5H3/p+1. The Balaban J connectivity index is 3.90. The van der Waals surface area contributed by atoms with Crippen molar-refractivity contribution in [1.29, 1.82) is 0 Å². The van der Waals surface area contributed by atoms with Gasteiger partial charge in [-0.15, -0.1) is 0 Å². The molecule has 1 N–H and O–H groups in total. The average molecular weight is 1350 g/mol. The third kappa shape index (κ3) is 79.5. The van der Waals surface area contributed by atoms with Crippen molar-refractivity contribution in [2.45, 2.75) is 489 Å². The van der Waals surface area contributed by atoms with Crippen molar-refractivity contribution < 1.29 is 42.9 Å². The Morgan fingerprint density at radius 2 is 0.474 bits per heavy atom. The summed E-state index contributed by atoms with van der Waals surface area (Å²) in [6.07, 6.45) is 94.5. The number of rotatable bonds is 83. The Bertz CT molecular complexity index is 1520. The summed E-state index contributed by atoms with van der Waals surface area (Å²) in [4.78, 5) is 37.8. The highest BCUT2D eigenvalue weighted by Gasteiger charge is 2.25. The fraction of sp³-hybridized carbons (Fsp3) is 0.965. The van der Waals surface area contributed by atoms with E-state index in [9.17, 15) is 19.5 Å². The first-order chi connectivity index (χ1) is 46.6. The minimum atomic E-state index is -1.51. The smallest absolute Gasteiger partial charge is 0.361 e. The van der Waals surface area contributed by atoms with Crippen LogP contribution in [0.4, 0.5) is 0 Å². The molecule has 0 aliphatic carbocycles. The number of carboxylic acids is 1. The van der Waals surface area contributed by atoms with Crippen LogP contribution in [0.25, 0.3) is 0 Å². The van der Waals surface area contributed by atoms with Gasteiger partial charge in [0.05, 0.1) is 34.4 Å². The van der Waals surface area contributed by atoms with Crippen LogP contribution in [-0.4, -0.2) is 87.4 Å². The van der Waals surface area contributed by atoms with Crippen LogP contribution in [0.5, 0.6) is 0 Å². The predicted octanol–water partition coefficient (Wildman–Crippen LogP) is 27.7. The molecule has 0 radical (unpaired) electrons. The van der Waals surface area contributed by atoms with E-state index in [0.717, 1.165) is 38.5 Å². The Morgan fingerprint density at radius 3 is 0.674 bits per heavy atom. The highest BCUT2D eigenvalue weighted by Crippen LogP contribution is 2.21. The molecule has 0 aromatic heterocycles. The summed E-state index contributed by atoms with van der Waals surface area (Å²) in [5.74, 6) is -1.96. The van der Waals surface area contributed by atoms with E-state index < -0.39 is 18.4 Å². The third-order valence-corrected chi connectivity index (χ3v) is 20.4. The molecule has 95 heavy (non-hydrogen) atoms. The van der Waals surface area contributed by atoms with Gasteiger partial charge in [-0.3, -0.25) is 9.59 Å². The summed E-state index contributed by atoms with van der Waals surface area (Å²) in [5.41, 5.74) is 0. The van der Waals surface area contributed by atoms with Gasteiger partial charge in [-0.1, -0.05) is 450 Å². The van der Waals surface area contributed by atoms with Gasteiger partial charge in [-0.25, -0.2) is 4.79 Å². The second-order valence-corrected chi connectivity index (χ2v) is 31.2. The summed E-state index contributed by atoms with van der Waals surface area (Å²) >= 11 is 0. The molecule has 0 saturated carbocycles. The van der Waals surface area contributed by atoms with Crippen molar-refractivity contribution in [1.82, 2.24) is 0 Å². The number of esters is 2. The molecular weight excluding hydrogens is 1170 g/mol. The van der Waals surface area contributed by atoms with Crippen LogP contribution in [-0.2, 0) is 33.3 Å². The van der Waals surface area contributed by atoms with Gasteiger partial charge in [0.25, 0.3) is 6.29 Å². The number of likely N-dealkylation sites (N-methyl/N-ethyl adjacent to an activating group) is 1. The van der Waals surface area contributed by atoms with Crippen molar-refractivity contribution in [3.8, 4) is 0 Å². The molecule has 9 nitrogen and oxygen atoms in total. The van der Waals surface area contributed by atoms with Gasteiger partial charge < -0.3 is 28.5 Å². The van der Waals surface area contributed by atoms with Crippen LogP contribution in [0, 0.1) is 0 Å². The van der Waals surface area contributed by atoms with Gasteiger partial charge in [0.1, 0.15) is 13.2 Å². The van der Waals surface area contributed by atoms with E-state index >= 15 is 0 Å². The number of carbonyl (C=O) groups excluding carboxylic acids is 2. The van der Waals surface area contributed by atoms with Crippen LogP contribution in [0.2, 0.25) is 0 Å². The van der Waals surface area contributed by atoms with E-state index in [1.165, 1.54) is 411 Å². The lowest BCUT2D eigenvalue weighted by molar-refractivity contribution is -0.870. The second-order valence-electron chi connectivity index (χ2n) is 31.2. The number of unbranched alkanes of at least 4 members (excludes halogenated alkanes) is 68. The molecule has 0 saturated heterocycles. The monoisotopic (exact) mass is 1350 g/mol. The van der Waals surface area contributed by atoms with E-state index in [4.69, 9.17) is 18.9 Å². The molecule has 0 aliphatic rings. The van der Waals surface area contributed by atoms with Crippen LogP contribution in [0.1, 0.15) is 476 Å². The predicted molar refractivity (Wildman–Crippen MR) is 411 cm³/mol. The fourth-order valence-corrected chi connectivity index (χ4v) is 13.8. The quantitative estimate of drug-likeness (QED) is 0.0278. The van der Waals surface area contributed by atoms with Gasteiger partial charge in [0.2, 0.25) is 0 Å². The van der Waals surface area contributed by atoms with E-state index in [1.807, 2.05) is 21.1 Å². The lowest BCUT2D eigenvalue weighted by Crippen LogP contribution is -2.40. The number of aliphatic carboxylic acids is 1. The van der Waals surface area contributed by atoms with E-state index in [1.54, 1.807) is 0 Å². The van der Waals surface area contributed by atoms with Crippen molar-refractivity contribution in [3.63, 3.8) is 0 Å². The minimum absolute atomic E-state index is 0.171. The third-order valence-electron chi connectivity index (χ3n) is 20.4. The molecule has 0 aromatic rings. The Kier molecular flexibility index (Phi) is 76.6. The fourth-order valence-electron chi connectivity index (χ4n) is 13.8. The number of ether oxygens (including phenoxy) is 4. The average Bonchev–Trinajstić information content (AvgIpc) is 3.75. The first-order valence-electron chi connectivity index (χ1n) is 43.2. The maximum atomic E-state index is 13.0. The molecule has 0 amide bonds. The van der Waals surface area contributed by atoms with Crippen molar-refractivity contribution >= 4 is 17.9 Å². The molecule has 0 aromatic carbocycles. The van der Waals surface area contributed by atoms with Crippen molar-refractivity contribution in [2.24, 2.45) is 0 Å². The summed E-state index contributed by atoms with van der Waals surface area (Å²) in [5, 5.41) is 9.78. The van der Waals surface area contributed by atoms with Crippen LogP contribution in [0.3, 0.4) is 0 Å². The van der Waals surface area contributed by atoms with Gasteiger partial charge in [0.15, 0.2) is 6.10 Å². The maximum Gasteiger partial charge on any atom is 0.361 e. The van der Waals surface area contributed by atoms with Crippen LogP contribution < -0.4 is 0 Å². The van der Waals surface area contributed by atoms with E-state index in [0.29, 0.717) is 17.4 Å². The SMILES string of the molecule is CCCCCCCCCCCCCCCCCCCCCCCCCCCCCCCCCCCCCCCC(=O)OC(COC(=O)CCCCCCCCCCCCCCCCCCCCCCCCCCCCCCCCCCC)COC(OCC[N+](C)(C)C)C(=O)O. The Labute approximate surface area is 593 Å². The first-order valence-corrected chi connectivity index (χ1v) is 43.2. The van der Waals surface area contributed by atoms with Gasteiger partial charge in [0, 0.05) is 12.8 Å². The molecule has 0 spiro atoms. The highest BCUT2D eigenvalue weighted by molar-refractivity contribution is 5.71. The zero-order chi connectivity index (χ0) is 69.0. The molecular formula is C86H170NO8+. The van der Waals surface area contributed by atoms with Crippen LogP contribution >= 0.6 is 0 Å². The summed E-state index contributed by atoms with van der Waals surface area (Å²) in [6.45, 7) is 4.99. The summed E-state index contributed by atoms with van der Waals surface area (Å²) in [7, 11) is 6.01. The summed E-state index contributed by atoms with van der Waals surface area (Å²) in [6, 6.07) is 0. The molecule has 2 unspecified atom stereocenters. The topological polar surface area (TPSA) is 108 Å². The van der Waals surface area contributed by atoms with Gasteiger partial charge in [-0.2, -0.15) is 0 Å². The number of hydrogen-bond acceptors (Lipinski definition) is 7. The number of nitrogens with zero attached hydrogens (tertiary/aromatic N) is 1. The molecule has 0 heterocycles. The molecule has 0 fully saturated rings. The summed E-state index contributed by atoms with van der Waals surface area (Å²) < 4.78 is 23.1. The molecule has 0 aliphatic heterocycles. The lowest BCUT2D eigenvalue weighted by Gasteiger charge is -2.25. The van der Waals surface area contributed by atoms with Crippen molar-refractivity contribution in [3.05, 3.63) is 0 Å². The van der Waals surface area contributed by atoms with Crippen LogP contribution in [0.15, 0.2) is 0 Å². The number of quaternary nitrogens is 1. The molecule has 0 rings (SSSR count). The maximum absolute atomic E-state index is 13.0. The number of carbonyl (C=O) groups is 3. The Morgan fingerprint density at radius 1 is 0.274 bits per heavy atom. The molecule has 2 atom stereocenters. The lowest BCUT2D eigenvalue weighted by atomic mass is 10.0. The van der Waals surface area contributed by atoms with E-state index in [2.05, 4.69) is 13.8 Å². The van der Waals surface area contributed by atoms with E-state index in [-0.39, 0.29) is 38.2 Å². The zero-order valence-electron chi connectivity index (χ0n) is 65.1. The highest BCUT2D eigenvalue weighted by atomic mass is 16.7. The molecule has 0 bridgehead atoms. The molecule has 9 heteroatoms. The Hall–Kier alpha value is -1.71.